The third kappa shape index (κ3) is 6.49. The van der Waals surface area contributed by atoms with E-state index in [1.807, 2.05) is 57.3 Å². The van der Waals surface area contributed by atoms with Gasteiger partial charge in [0.1, 0.15) is 6.04 Å². The minimum Gasteiger partial charge on any atom is -0.375 e. The summed E-state index contributed by atoms with van der Waals surface area (Å²) in [5.41, 5.74) is 3.53. The lowest BCUT2D eigenvalue weighted by Crippen LogP contribution is -2.48. The average Bonchev–Trinajstić information content (AvgIpc) is 2.63. The summed E-state index contributed by atoms with van der Waals surface area (Å²) < 4.78 is 26.0. The topological polar surface area (TPSA) is 69.7 Å². The molecule has 1 amide bonds. The Labute approximate surface area is 174 Å². The second kappa shape index (κ2) is 9.78. The van der Waals surface area contributed by atoms with Crippen LogP contribution >= 0.6 is 0 Å². The van der Waals surface area contributed by atoms with Crippen LogP contribution in [0.25, 0.3) is 0 Å². The van der Waals surface area contributed by atoms with Crippen LogP contribution in [0.2, 0.25) is 0 Å². The Bertz CT molecular complexity index is 909. The van der Waals surface area contributed by atoms with E-state index >= 15 is 0 Å². The van der Waals surface area contributed by atoms with Crippen molar-refractivity contribution in [3.05, 3.63) is 59.7 Å². The summed E-state index contributed by atoms with van der Waals surface area (Å²) in [5, 5.41) is 2.87. The zero-order valence-electron chi connectivity index (χ0n) is 17.8. The van der Waals surface area contributed by atoms with E-state index in [9.17, 15) is 13.2 Å². The Balaban J connectivity index is 1.99. The number of carbonyl (C=O) groups is 1. The van der Waals surface area contributed by atoms with Crippen LogP contribution in [0.3, 0.4) is 0 Å². The molecule has 6 nitrogen and oxygen atoms in total. The summed E-state index contributed by atoms with van der Waals surface area (Å²) in [6.07, 6.45) is 1.88. The van der Waals surface area contributed by atoms with Crippen molar-refractivity contribution in [1.29, 1.82) is 0 Å². The highest BCUT2D eigenvalue weighted by Gasteiger charge is 2.29. The minimum absolute atomic E-state index is 0.308. The van der Waals surface area contributed by atoms with Gasteiger partial charge in [-0.3, -0.25) is 9.10 Å². The number of rotatable bonds is 9. The number of hydrogen-bond acceptors (Lipinski definition) is 4. The van der Waals surface area contributed by atoms with Crippen LogP contribution < -0.4 is 14.5 Å². The fourth-order valence-electron chi connectivity index (χ4n) is 3.37. The Morgan fingerprint density at radius 3 is 2.17 bits per heavy atom. The maximum Gasteiger partial charge on any atom is 0.243 e. The van der Waals surface area contributed by atoms with Gasteiger partial charge in [0, 0.05) is 25.8 Å². The number of para-hydroxylation sites is 1. The molecule has 0 aliphatic rings. The quantitative estimate of drug-likeness (QED) is 0.637. The predicted molar refractivity (Wildman–Crippen MR) is 120 cm³/mol. The molecule has 2 aromatic carbocycles. The van der Waals surface area contributed by atoms with Gasteiger partial charge in [-0.15, -0.1) is 0 Å². The van der Waals surface area contributed by atoms with Crippen LogP contribution in [0.4, 0.5) is 11.4 Å². The summed E-state index contributed by atoms with van der Waals surface area (Å²) in [5.74, 6) is -0.308. The van der Waals surface area contributed by atoms with E-state index in [0.717, 1.165) is 36.0 Å². The second-order valence-electron chi connectivity index (χ2n) is 7.48. The van der Waals surface area contributed by atoms with Crippen molar-refractivity contribution in [2.75, 3.05) is 35.6 Å². The first kappa shape index (κ1) is 22.7. The standard InChI is InChI=1S/C22H31N3O3S/c1-17-14-18(2)16-21(15-17)25(29(5,27)28)19(3)22(26)23-12-9-13-24(4)20-10-7-6-8-11-20/h6-8,10-11,14-16,19H,9,12-13H2,1-5H3,(H,23,26)/t19-/m1/s1. The van der Waals surface area contributed by atoms with E-state index in [1.54, 1.807) is 19.1 Å². The molecule has 0 saturated heterocycles. The van der Waals surface area contributed by atoms with Crippen LogP contribution in [0.1, 0.15) is 24.5 Å². The Hall–Kier alpha value is -2.54. The van der Waals surface area contributed by atoms with Gasteiger partial charge < -0.3 is 10.2 Å². The van der Waals surface area contributed by atoms with Gasteiger partial charge in [-0.25, -0.2) is 8.42 Å². The summed E-state index contributed by atoms with van der Waals surface area (Å²) in [6.45, 7) is 6.69. The fourth-order valence-corrected chi connectivity index (χ4v) is 4.53. The van der Waals surface area contributed by atoms with Gasteiger partial charge in [-0.2, -0.15) is 0 Å². The highest BCUT2D eigenvalue weighted by Crippen LogP contribution is 2.23. The van der Waals surface area contributed by atoms with Gasteiger partial charge in [0.05, 0.1) is 11.9 Å². The highest BCUT2D eigenvalue weighted by atomic mass is 32.2. The number of anilines is 2. The molecule has 0 bridgehead atoms. The number of benzene rings is 2. The summed E-state index contributed by atoms with van der Waals surface area (Å²) >= 11 is 0. The lowest BCUT2D eigenvalue weighted by molar-refractivity contribution is -0.121. The van der Waals surface area contributed by atoms with Crippen LogP contribution in [0.5, 0.6) is 0 Å². The monoisotopic (exact) mass is 417 g/mol. The molecular weight excluding hydrogens is 386 g/mol. The third-order valence-electron chi connectivity index (χ3n) is 4.72. The van der Waals surface area contributed by atoms with Crippen molar-refractivity contribution in [3.8, 4) is 0 Å². The molecule has 0 aliphatic carbocycles. The molecule has 0 heterocycles. The number of carbonyl (C=O) groups excluding carboxylic acids is 1. The van der Waals surface area contributed by atoms with Crippen LogP contribution in [0, 0.1) is 13.8 Å². The molecule has 0 aliphatic heterocycles. The lowest BCUT2D eigenvalue weighted by atomic mass is 10.1. The second-order valence-corrected chi connectivity index (χ2v) is 9.34. The maximum atomic E-state index is 12.7. The number of hydrogen-bond donors (Lipinski definition) is 1. The first-order valence-corrected chi connectivity index (χ1v) is 11.6. The molecule has 29 heavy (non-hydrogen) atoms. The number of nitrogens with one attached hydrogen (secondary N) is 1. The smallest absolute Gasteiger partial charge is 0.243 e. The first-order valence-electron chi connectivity index (χ1n) is 9.71. The number of sulfonamides is 1. The average molecular weight is 418 g/mol. The molecule has 2 rings (SSSR count). The SMILES string of the molecule is Cc1cc(C)cc(N([C@H](C)C(=O)NCCCN(C)c2ccccc2)S(C)(=O)=O)c1. The maximum absolute atomic E-state index is 12.7. The summed E-state index contributed by atoms with van der Waals surface area (Å²) in [6, 6.07) is 14.7. The zero-order chi connectivity index (χ0) is 21.6. The first-order chi connectivity index (χ1) is 13.6. The van der Waals surface area contributed by atoms with Gasteiger partial charge in [0.2, 0.25) is 15.9 Å². The third-order valence-corrected chi connectivity index (χ3v) is 5.96. The minimum atomic E-state index is -3.61. The number of nitrogens with zero attached hydrogens (tertiary/aromatic N) is 2. The molecule has 2 aromatic rings. The van der Waals surface area contributed by atoms with E-state index < -0.39 is 16.1 Å². The van der Waals surface area contributed by atoms with Gasteiger partial charge >= 0.3 is 0 Å². The number of amides is 1. The molecular formula is C22H31N3O3S. The molecule has 1 atom stereocenters. The molecule has 0 spiro atoms. The zero-order valence-corrected chi connectivity index (χ0v) is 18.7. The molecule has 7 heteroatoms. The van der Waals surface area contributed by atoms with Crippen molar-refractivity contribution >= 4 is 27.3 Å². The lowest BCUT2D eigenvalue weighted by Gasteiger charge is -2.29. The molecule has 1 N–H and O–H groups in total. The molecule has 0 aromatic heterocycles. The van der Waals surface area contributed by atoms with Crippen molar-refractivity contribution < 1.29 is 13.2 Å². The predicted octanol–water partition coefficient (Wildman–Crippen LogP) is 3.10. The van der Waals surface area contributed by atoms with E-state index in [2.05, 4.69) is 10.2 Å². The Morgan fingerprint density at radius 2 is 1.62 bits per heavy atom. The summed E-state index contributed by atoms with van der Waals surface area (Å²) in [7, 11) is -1.61. The highest BCUT2D eigenvalue weighted by molar-refractivity contribution is 7.92. The summed E-state index contributed by atoms with van der Waals surface area (Å²) in [4.78, 5) is 14.8. The van der Waals surface area contributed by atoms with Gasteiger partial charge in [0.25, 0.3) is 0 Å². The van der Waals surface area contributed by atoms with E-state index in [1.165, 1.54) is 4.31 Å². The van der Waals surface area contributed by atoms with Gasteiger partial charge in [0.15, 0.2) is 0 Å². The van der Waals surface area contributed by atoms with E-state index in [0.29, 0.717) is 12.2 Å². The van der Waals surface area contributed by atoms with Crippen LogP contribution in [0.15, 0.2) is 48.5 Å². The van der Waals surface area contributed by atoms with Crippen molar-refractivity contribution in [3.63, 3.8) is 0 Å². The van der Waals surface area contributed by atoms with E-state index in [-0.39, 0.29) is 5.91 Å². The Kier molecular flexibility index (Phi) is 7.67. The van der Waals surface area contributed by atoms with Crippen molar-refractivity contribution in [1.82, 2.24) is 5.32 Å². The fraction of sp³-hybridized carbons (Fsp3) is 0.409. The molecule has 158 valence electrons. The van der Waals surface area contributed by atoms with Crippen molar-refractivity contribution in [2.24, 2.45) is 0 Å². The van der Waals surface area contributed by atoms with Gasteiger partial charge in [-0.1, -0.05) is 24.3 Å². The molecule has 0 unspecified atom stereocenters. The van der Waals surface area contributed by atoms with Gasteiger partial charge in [-0.05, 0) is 62.6 Å². The van der Waals surface area contributed by atoms with Crippen molar-refractivity contribution in [2.45, 2.75) is 33.2 Å². The molecule has 0 saturated carbocycles. The van der Waals surface area contributed by atoms with Crippen LogP contribution in [-0.2, 0) is 14.8 Å². The molecule has 0 fully saturated rings. The van der Waals surface area contributed by atoms with E-state index in [4.69, 9.17) is 0 Å². The molecule has 0 radical (unpaired) electrons. The largest absolute Gasteiger partial charge is 0.375 e. The van der Waals surface area contributed by atoms with Crippen LogP contribution in [-0.4, -0.2) is 46.8 Å². The normalized spacial score (nSPS) is 12.3. The number of aryl methyl sites for hydroxylation is 2. The Morgan fingerprint density at radius 1 is 1.03 bits per heavy atom.